The van der Waals surface area contributed by atoms with Gasteiger partial charge in [-0.3, -0.25) is 9.69 Å². The number of aryl methyl sites for hydroxylation is 1. The maximum Gasteiger partial charge on any atom is 0.324 e. The molecule has 1 aliphatic rings. The van der Waals surface area contributed by atoms with E-state index in [0.717, 1.165) is 24.0 Å². The van der Waals surface area contributed by atoms with Crippen LogP contribution in [0.15, 0.2) is 30.5 Å². The van der Waals surface area contributed by atoms with Gasteiger partial charge in [0.25, 0.3) is 0 Å². The third kappa shape index (κ3) is 8.01. The zero-order valence-electron chi connectivity index (χ0n) is 20.3. The number of carboxylic acid groups (broad SMARTS) is 1. The number of carbonyl (C=O) groups excluding carboxylic acids is 1. The molecule has 0 unspecified atom stereocenters. The largest absolute Gasteiger partial charge is 0.493 e. The second-order valence-electron chi connectivity index (χ2n) is 8.93. The van der Waals surface area contributed by atoms with E-state index in [1.807, 2.05) is 18.2 Å². The highest BCUT2D eigenvalue weighted by atomic mass is 16.5. The fourth-order valence-corrected chi connectivity index (χ4v) is 3.59. The van der Waals surface area contributed by atoms with Gasteiger partial charge in [0.15, 0.2) is 0 Å². The fourth-order valence-electron chi connectivity index (χ4n) is 3.59. The van der Waals surface area contributed by atoms with Crippen LogP contribution in [-0.4, -0.2) is 47.3 Å². The smallest absolute Gasteiger partial charge is 0.324 e. The number of rotatable bonds is 14. The number of hydrogen-bond donors (Lipinski definition) is 2. The number of nitrogens with one attached hydrogen (secondary N) is 1. The molecular formula is C26H36N4O4. The number of aliphatic carboxylic acids is 1. The van der Waals surface area contributed by atoms with Crippen LogP contribution in [0.5, 0.6) is 5.75 Å². The summed E-state index contributed by atoms with van der Waals surface area (Å²) >= 11 is 0. The van der Waals surface area contributed by atoms with Crippen LogP contribution in [0, 0.1) is 5.92 Å². The van der Waals surface area contributed by atoms with Crippen molar-refractivity contribution >= 4 is 17.9 Å². The number of carboxylic acids is 1. The molecule has 2 amide bonds. The van der Waals surface area contributed by atoms with E-state index in [9.17, 15) is 9.59 Å². The van der Waals surface area contributed by atoms with Crippen molar-refractivity contribution in [2.75, 3.05) is 25.1 Å². The van der Waals surface area contributed by atoms with Crippen molar-refractivity contribution in [2.45, 2.75) is 64.7 Å². The minimum absolute atomic E-state index is 0.0670. The molecule has 3 rings (SSSR count). The SMILES string of the molecule is CCCCCCCNC(=O)N(C)c1nccc(-c2ccc(CCC(=O)O)cc2OCC2CC2)n1. The maximum atomic E-state index is 12.6. The first-order chi connectivity index (χ1) is 16.5. The van der Waals surface area contributed by atoms with Crippen LogP contribution in [0.1, 0.15) is 63.9 Å². The minimum Gasteiger partial charge on any atom is -0.493 e. The second-order valence-corrected chi connectivity index (χ2v) is 8.93. The van der Waals surface area contributed by atoms with Gasteiger partial charge in [0.05, 0.1) is 12.3 Å². The number of aromatic nitrogens is 2. The van der Waals surface area contributed by atoms with Gasteiger partial charge in [-0.25, -0.2) is 14.8 Å². The average molecular weight is 469 g/mol. The van der Waals surface area contributed by atoms with Gasteiger partial charge in [-0.15, -0.1) is 0 Å². The van der Waals surface area contributed by atoms with Crippen molar-refractivity contribution in [3.8, 4) is 17.0 Å². The van der Waals surface area contributed by atoms with Crippen LogP contribution in [0.25, 0.3) is 11.3 Å². The Balaban J connectivity index is 1.69. The van der Waals surface area contributed by atoms with Gasteiger partial charge < -0.3 is 15.2 Å². The van der Waals surface area contributed by atoms with Crippen LogP contribution >= 0.6 is 0 Å². The molecule has 0 saturated heterocycles. The number of nitrogens with zero attached hydrogens (tertiary/aromatic N) is 3. The lowest BCUT2D eigenvalue weighted by Gasteiger charge is -2.17. The predicted octanol–water partition coefficient (Wildman–Crippen LogP) is 5.07. The first kappa shape index (κ1) is 25.5. The van der Waals surface area contributed by atoms with Gasteiger partial charge in [0, 0.05) is 31.8 Å². The first-order valence-electron chi connectivity index (χ1n) is 12.3. The van der Waals surface area contributed by atoms with E-state index in [1.54, 1.807) is 19.3 Å². The highest BCUT2D eigenvalue weighted by Crippen LogP contribution is 2.34. The monoisotopic (exact) mass is 468 g/mol. The lowest BCUT2D eigenvalue weighted by atomic mass is 10.0. The van der Waals surface area contributed by atoms with Crippen molar-refractivity contribution in [1.29, 1.82) is 0 Å². The van der Waals surface area contributed by atoms with Crippen LogP contribution in [0.4, 0.5) is 10.7 Å². The number of hydrogen-bond acceptors (Lipinski definition) is 5. The van der Waals surface area contributed by atoms with Crippen molar-refractivity contribution < 1.29 is 19.4 Å². The number of urea groups is 1. The molecule has 2 N–H and O–H groups in total. The van der Waals surface area contributed by atoms with E-state index in [1.165, 1.54) is 37.0 Å². The quantitative estimate of drug-likeness (QED) is 0.375. The van der Waals surface area contributed by atoms with Crippen molar-refractivity contribution in [2.24, 2.45) is 5.92 Å². The third-order valence-electron chi connectivity index (χ3n) is 5.93. The van der Waals surface area contributed by atoms with Crippen molar-refractivity contribution in [3.63, 3.8) is 0 Å². The lowest BCUT2D eigenvalue weighted by Crippen LogP contribution is -2.38. The molecule has 0 radical (unpaired) electrons. The molecule has 1 fully saturated rings. The Morgan fingerprint density at radius 2 is 1.97 bits per heavy atom. The third-order valence-corrected chi connectivity index (χ3v) is 5.93. The van der Waals surface area contributed by atoms with Crippen LogP contribution in [-0.2, 0) is 11.2 Å². The molecule has 2 aromatic rings. The molecule has 184 valence electrons. The molecule has 1 aromatic heterocycles. The van der Waals surface area contributed by atoms with Crippen molar-refractivity contribution in [1.82, 2.24) is 15.3 Å². The highest BCUT2D eigenvalue weighted by Gasteiger charge is 2.23. The normalized spacial score (nSPS) is 12.9. The summed E-state index contributed by atoms with van der Waals surface area (Å²) < 4.78 is 6.10. The highest BCUT2D eigenvalue weighted by molar-refractivity contribution is 5.89. The molecule has 8 nitrogen and oxygen atoms in total. The number of ether oxygens (including phenoxy) is 1. The number of carbonyl (C=O) groups is 2. The van der Waals surface area contributed by atoms with Gasteiger partial charge in [0.1, 0.15) is 5.75 Å². The van der Waals surface area contributed by atoms with Gasteiger partial charge in [-0.1, -0.05) is 38.7 Å². The summed E-state index contributed by atoms with van der Waals surface area (Å²) in [6.07, 6.45) is 10.1. The summed E-state index contributed by atoms with van der Waals surface area (Å²) in [6, 6.07) is 7.26. The maximum absolute atomic E-state index is 12.6. The first-order valence-corrected chi connectivity index (χ1v) is 12.3. The Morgan fingerprint density at radius 3 is 2.71 bits per heavy atom. The summed E-state index contributed by atoms with van der Waals surface area (Å²) in [5.74, 6) is 0.739. The van der Waals surface area contributed by atoms with E-state index in [4.69, 9.17) is 9.84 Å². The summed E-state index contributed by atoms with van der Waals surface area (Å²) in [4.78, 5) is 33.9. The molecule has 1 saturated carbocycles. The molecule has 34 heavy (non-hydrogen) atoms. The number of amides is 2. The standard InChI is InChI=1S/C26H36N4O4/c1-3-4-5-6-7-15-28-26(33)30(2)25-27-16-14-22(29-25)21-12-10-19(11-13-24(31)32)17-23(21)34-18-20-8-9-20/h10,12,14,16-17,20H,3-9,11,13,15,18H2,1-2H3,(H,28,33)(H,31,32). The average Bonchev–Trinajstić information content (AvgIpc) is 3.67. The molecule has 1 heterocycles. The fraction of sp³-hybridized carbons (Fsp3) is 0.538. The van der Waals surface area contributed by atoms with Gasteiger partial charge in [0.2, 0.25) is 5.95 Å². The molecular weight excluding hydrogens is 432 g/mol. The lowest BCUT2D eigenvalue weighted by molar-refractivity contribution is -0.136. The Labute approximate surface area is 201 Å². The number of unbranched alkanes of at least 4 members (excludes halogenated alkanes) is 4. The molecule has 0 spiro atoms. The minimum atomic E-state index is -0.827. The second kappa shape index (κ2) is 12.9. The summed E-state index contributed by atoms with van der Waals surface area (Å²) in [5.41, 5.74) is 2.36. The summed E-state index contributed by atoms with van der Waals surface area (Å²) in [5, 5.41) is 11.9. The Kier molecular flexibility index (Phi) is 9.67. The zero-order valence-corrected chi connectivity index (χ0v) is 20.3. The number of benzene rings is 1. The van der Waals surface area contributed by atoms with Crippen LogP contribution in [0.2, 0.25) is 0 Å². The van der Waals surface area contributed by atoms with E-state index in [2.05, 4.69) is 22.2 Å². The van der Waals surface area contributed by atoms with Crippen LogP contribution < -0.4 is 15.0 Å². The van der Waals surface area contributed by atoms with Gasteiger partial charge in [-0.05, 0) is 55.4 Å². The summed E-state index contributed by atoms with van der Waals surface area (Å²) in [6.45, 7) is 3.44. The zero-order chi connectivity index (χ0) is 24.3. The van der Waals surface area contributed by atoms with Gasteiger partial charge >= 0.3 is 12.0 Å². The van der Waals surface area contributed by atoms with Gasteiger partial charge in [-0.2, -0.15) is 0 Å². The Hall–Kier alpha value is -3.16. The molecule has 1 aliphatic carbocycles. The number of anilines is 1. The summed E-state index contributed by atoms with van der Waals surface area (Å²) in [7, 11) is 1.66. The predicted molar refractivity (Wildman–Crippen MR) is 132 cm³/mol. The molecule has 1 aromatic carbocycles. The van der Waals surface area contributed by atoms with Crippen molar-refractivity contribution in [3.05, 3.63) is 36.0 Å². The van der Waals surface area contributed by atoms with E-state index in [0.29, 0.717) is 42.9 Å². The topological polar surface area (TPSA) is 105 Å². The van der Waals surface area contributed by atoms with Crippen LogP contribution in [0.3, 0.4) is 0 Å². The van der Waals surface area contributed by atoms with E-state index >= 15 is 0 Å². The van der Waals surface area contributed by atoms with E-state index < -0.39 is 5.97 Å². The van der Waals surface area contributed by atoms with E-state index in [-0.39, 0.29) is 12.5 Å². The molecule has 0 bridgehead atoms. The molecule has 8 heteroatoms. The molecule has 0 atom stereocenters. The Bertz CT molecular complexity index is 962. The Morgan fingerprint density at radius 1 is 1.18 bits per heavy atom. The molecule has 0 aliphatic heterocycles.